The normalized spacial score (nSPS) is 20.5. The van der Waals surface area contributed by atoms with Crippen molar-refractivity contribution in [1.29, 1.82) is 0 Å². The van der Waals surface area contributed by atoms with Crippen molar-refractivity contribution in [1.82, 2.24) is 0 Å². The van der Waals surface area contributed by atoms with Crippen LogP contribution in [0.1, 0.15) is 10.4 Å². The number of hydroxylamine groups is 1. The number of halogens is 1. The Morgan fingerprint density at radius 1 is 1.43 bits per heavy atom. The maximum atomic E-state index is 11.8. The molecule has 23 heavy (non-hydrogen) atoms. The van der Waals surface area contributed by atoms with E-state index >= 15 is 0 Å². The fourth-order valence-corrected chi connectivity index (χ4v) is 2.93. The van der Waals surface area contributed by atoms with Gasteiger partial charge in [-0.1, -0.05) is 6.08 Å². The quantitative estimate of drug-likeness (QED) is 0.429. The van der Waals surface area contributed by atoms with Gasteiger partial charge in [-0.05, 0) is 40.8 Å². The van der Waals surface area contributed by atoms with Gasteiger partial charge in [0.2, 0.25) is 5.79 Å². The van der Waals surface area contributed by atoms with E-state index in [1.54, 1.807) is 18.2 Å². The predicted molar refractivity (Wildman–Crippen MR) is 91.4 cm³/mol. The Balaban J connectivity index is 2.46. The monoisotopic (exact) mass is 435 g/mol. The predicted octanol–water partition coefficient (Wildman–Crippen LogP) is 1.73. The molecule has 1 aromatic carbocycles. The van der Waals surface area contributed by atoms with Crippen LogP contribution in [0, 0.1) is 3.57 Å². The summed E-state index contributed by atoms with van der Waals surface area (Å²) < 4.78 is 16.1. The molecule has 1 atom stereocenters. The number of aliphatic hydroxyl groups is 1. The molecule has 0 bridgehead atoms. The zero-order valence-electron chi connectivity index (χ0n) is 13.0. The number of carbonyl (C=O) groups is 1. The third-order valence-corrected chi connectivity index (χ3v) is 4.49. The van der Waals surface area contributed by atoms with E-state index in [9.17, 15) is 9.90 Å². The topological polar surface area (TPSA) is 77.5 Å². The minimum absolute atomic E-state index is 0.338. The van der Waals surface area contributed by atoms with Gasteiger partial charge in [-0.3, -0.25) is 0 Å². The minimum atomic E-state index is -1.25. The maximum Gasteiger partial charge on any atom is 0.338 e. The maximum absolute atomic E-state index is 11.8. The average Bonchev–Trinajstić information content (AvgIpc) is 2.61. The largest absolute Gasteiger partial charge is 0.496 e. The second-order valence-corrected chi connectivity index (χ2v) is 5.81. The molecule has 0 fully saturated rings. The fourth-order valence-electron chi connectivity index (χ4n) is 2.13. The highest BCUT2D eigenvalue weighted by Crippen LogP contribution is 2.35. The van der Waals surface area contributed by atoms with Crippen LogP contribution in [-0.4, -0.2) is 51.3 Å². The van der Waals surface area contributed by atoms with Crippen molar-refractivity contribution in [3.8, 4) is 5.75 Å². The van der Waals surface area contributed by atoms with Gasteiger partial charge in [0.05, 0.1) is 35.6 Å². The summed E-state index contributed by atoms with van der Waals surface area (Å²) in [5.41, 5.74) is 0.953. The van der Waals surface area contributed by atoms with Crippen LogP contribution in [0.3, 0.4) is 0 Å². The first kappa shape index (κ1) is 18.0. The highest BCUT2D eigenvalue weighted by Gasteiger charge is 2.34. The van der Waals surface area contributed by atoms with E-state index < -0.39 is 11.8 Å². The van der Waals surface area contributed by atoms with Gasteiger partial charge in [0.15, 0.2) is 0 Å². The van der Waals surface area contributed by atoms with Crippen molar-refractivity contribution in [2.75, 3.05) is 39.5 Å². The van der Waals surface area contributed by atoms with Gasteiger partial charge < -0.3 is 19.3 Å². The Bertz CT molecular complexity index is 614. The lowest BCUT2D eigenvalue weighted by atomic mass is 10.1. The van der Waals surface area contributed by atoms with E-state index in [-0.39, 0.29) is 6.61 Å². The molecular formula is C15H18INO6. The minimum Gasteiger partial charge on any atom is -0.496 e. The summed E-state index contributed by atoms with van der Waals surface area (Å²) in [6.07, 6.45) is 3.47. The summed E-state index contributed by atoms with van der Waals surface area (Å²) in [6, 6.07) is 3.25. The van der Waals surface area contributed by atoms with E-state index in [2.05, 4.69) is 22.6 Å². The Kier molecular flexibility index (Phi) is 5.84. The number of carbonyl (C=O) groups excluding carboxylic acids is 1. The molecule has 0 aliphatic carbocycles. The standard InChI is InChI=1S/C15H18INO6/c1-20-12-8-10(14(19)21-2)7-11(13(12)16)17-6-4-5-15(9-18,22-3)23-17/h4-5,7-8,18H,6,9H2,1-3H3/t15-/m0/s1. The first-order valence-corrected chi connectivity index (χ1v) is 7.84. The number of anilines is 1. The number of rotatable bonds is 5. The highest BCUT2D eigenvalue weighted by molar-refractivity contribution is 14.1. The number of hydrogen-bond acceptors (Lipinski definition) is 7. The first-order valence-electron chi connectivity index (χ1n) is 6.76. The summed E-state index contributed by atoms with van der Waals surface area (Å²) in [5.74, 6) is -1.21. The number of benzene rings is 1. The number of methoxy groups -OCH3 is 3. The lowest BCUT2D eigenvalue weighted by Crippen LogP contribution is -2.47. The molecule has 1 aliphatic heterocycles. The molecule has 1 aliphatic rings. The number of hydrogen-bond donors (Lipinski definition) is 1. The number of aliphatic hydroxyl groups excluding tert-OH is 1. The summed E-state index contributed by atoms with van der Waals surface area (Å²) in [6.45, 7) is 0.0792. The highest BCUT2D eigenvalue weighted by atomic mass is 127. The average molecular weight is 435 g/mol. The van der Waals surface area contributed by atoms with E-state index in [0.717, 1.165) is 3.57 Å². The van der Waals surface area contributed by atoms with Crippen LogP contribution < -0.4 is 9.80 Å². The summed E-state index contributed by atoms with van der Waals surface area (Å²) >= 11 is 2.11. The number of esters is 1. The van der Waals surface area contributed by atoms with Crippen LogP contribution in [0.5, 0.6) is 5.75 Å². The van der Waals surface area contributed by atoms with E-state index in [4.69, 9.17) is 19.0 Å². The second kappa shape index (κ2) is 7.47. The number of ether oxygens (including phenoxy) is 3. The zero-order valence-corrected chi connectivity index (χ0v) is 15.2. The van der Waals surface area contributed by atoms with E-state index in [1.807, 2.05) is 6.08 Å². The second-order valence-electron chi connectivity index (χ2n) is 4.73. The summed E-state index contributed by atoms with van der Waals surface area (Å²) in [7, 11) is 4.28. The molecule has 0 aromatic heterocycles. The Morgan fingerprint density at radius 3 is 2.74 bits per heavy atom. The van der Waals surface area contributed by atoms with Gasteiger partial charge in [0.25, 0.3) is 0 Å². The van der Waals surface area contributed by atoms with Crippen molar-refractivity contribution < 1.29 is 28.9 Å². The van der Waals surface area contributed by atoms with E-state index in [1.165, 1.54) is 26.4 Å². The molecule has 0 spiro atoms. The van der Waals surface area contributed by atoms with Gasteiger partial charge in [-0.2, -0.15) is 0 Å². The van der Waals surface area contributed by atoms with Crippen molar-refractivity contribution in [2.24, 2.45) is 0 Å². The smallest absolute Gasteiger partial charge is 0.338 e. The molecule has 0 unspecified atom stereocenters. The Hall–Kier alpha value is -1.36. The zero-order chi connectivity index (χ0) is 17.0. The number of nitrogens with zero attached hydrogens (tertiary/aromatic N) is 1. The van der Waals surface area contributed by atoms with Crippen LogP contribution in [0.25, 0.3) is 0 Å². The molecule has 1 aromatic rings. The van der Waals surface area contributed by atoms with Crippen molar-refractivity contribution in [3.63, 3.8) is 0 Å². The summed E-state index contributed by atoms with van der Waals surface area (Å²) in [4.78, 5) is 17.6. The van der Waals surface area contributed by atoms with Crippen molar-refractivity contribution in [3.05, 3.63) is 33.4 Å². The lowest BCUT2D eigenvalue weighted by molar-refractivity contribution is -0.219. The van der Waals surface area contributed by atoms with Crippen LogP contribution in [0.2, 0.25) is 0 Å². The Morgan fingerprint density at radius 2 is 2.17 bits per heavy atom. The molecule has 2 rings (SSSR count). The van der Waals surface area contributed by atoms with Crippen LogP contribution in [0.15, 0.2) is 24.3 Å². The molecular weight excluding hydrogens is 417 g/mol. The van der Waals surface area contributed by atoms with Crippen LogP contribution in [0.4, 0.5) is 5.69 Å². The van der Waals surface area contributed by atoms with Gasteiger partial charge in [-0.15, -0.1) is 0 Å². The molecule has 126 valence electrons. The molecule has 8 heteroatoms. The SMILES string of the molecule is COC(=O)c1cc(OC)c(I)c(N2CC=C[C@](CO)(OC)O2)c1. The first-order chi connectivity index (χ1) is 11.0. The molecule has 0 radical (unpaired) electrons. The molecule has 1 heterocycles. The van der Waals surface area contributed by atoms with Gasteiger partial charge in [-0.25, -0.2) is 14.7 Å². The molecule has 1 N–H and O–H groups in total. The van der Waals surface area contributed by atoms with Crippen LogP contribution >= 0.6 is 22.6 Å². The molecule has 0 saturated heterocycles. The lowest BCUT2D eigenvalue weighted by Gasteiger charge is -2.37. The Labute approximate surface area is 147 Å². The molecule has 0 saturated carbocycles. The third-order valence-electron chi connectivity index (χ3n) is 3.40. The van der Waals surface area contributed by atoms with Gasteiger partial charge in [0, 0.05) is 7.11 Å². The van der Waals surface area contributed by atoms with Gasteiger partial charge >= 0.3 is 5.97 Å². The third kappa shape index (κ3) is 3.60. The molecule has 7 nitrogen and oxygen atoms in total. The summed E-state index contributed by atoms with van der Waals surface area (Å²) in [5, 5.41) is 11.1. The van der Waals surface area contributed by atoms with Gasteiger partial charge in [0.1, 0.15) is 12.4 Å². The van der Waals surface area contributed by atoms with Crippen molar-refractivity contribution in [2.45, 2.75) is 5.79 Å². The fraction of sp³-hybridized carbons (Fsp3) is 0.400. The van der Waals surface area contributed by atoms with Crippen molar-refractivity contribution >= 4 is 34.2 Å². The van der Waals surface area contributed by atoms with E-state index in [0.29, 0.717) is 23.5 Å². The van der Waals surface area contributed by atoms with Crippen LogP contribution in [-0.2, 0) is 14.3 Å². The molecule has 0 amide bonds.